The molecule has 0 atom stereocenters. The molecule has 5 rings (SSSR count). The molecule has 1 aliphatic rings. The Bertz CT molecular complexity index is 1220. The first-order chi connectivity index (χ1) is 15.8. The lowest BCUT2D eigenvalue weighted by Crippen LogP contribution is -2.39. The molecular weight excluding hydrogens is 402 g/mol. The van der Waals surface area contributed by atoms with Crippen molar-refractivity contribution in [2.45, 2.75) is 18.9 Å². The molecule has 4 aromatic rings. The Morgan fingerprint density at radius 3 is 2.59 bits per heavy atom. The van der Waals surface area contributed by atoms with E-state index in [0.29, 0.717) is 18.8 Å². The predicted molar refractivity (Wildman–Crippen MR) is 122 cm³/mol. The first kappa shape index (κ1) is 20.1. The molecule has 160 valence electrons. The van der Waals surface area contributed by atoms with Gasteiger partial charge in [-0.25, -0.2) is 0 Å². The second kappa shape index (κ2) is 9.11. The molecule has 1 amide bonds. The lowest BCUT2D eigenvalue weighted by molar-refractivity contribution is 0.0697. The molecule has 0 unspecified atom stereocenters. The van der Waals surface area contributed by atoms with E-state index >= 15 is 0 Å². The molecule has 2 N–H and O–H groups in total. The molecule has 7 heteroatoms. The van der Waals surface area contributed by atoms with E-state index < -0.39 is 0 Å². The maximum atomic E-state index is 13.1. The van der Waals surface area contributed by atoms with E-state index in [9.17, 15) is 4.79 Å². The van der Waals surface area contributed by atoms with Crippen LogP contribution in [0.2, 0.25) is 0 Å². The Labute approximate surface area is 185 Å². The normalized spacial score (nSPS) is 14.2. The number of aromatic nitrogens is 4. The third-order valence-electron chi connectivity index (χ3n) is 5.64. The Kier molecular flexibility index (Phi) is 5.72. The van der Waals surface area contributed by atoms with Gasteiger partial charge in [0.1, 0.15) is 0 Å². The van der Waals surface area contributed by atoms with Crippen LogP contribution < -0.4 is 5.32 Å². The molecule has 0 aliphatic carbocycles. The monoisotopic (exact) mass is 425 g/mol. The number of nitrogens with zero attached hydrogens (tertiary/aromatic N) is 3. The number of hydrogen-bond donors (Lipinski definition) is 2. The maximum absolute atomic E-state index is 13.1. The van der Waals surface area contributed by atoms with Crippen LogP contribution in [0.4, 0.5) is 0 Å². The summed E-state index contributed by atoms with van der Waals surface area (Å²) in [4.78, 5) is 22.1. The molecule has 0 bridgehead atoms. The summed E-state index contributed by atoms with van der Waals surface area (Å²) in [5.41, 5.74) is 5.67. The highest BCUT2D eigenvalue weighted by molar-refractivity contribution is 6.01. The number of amides is 1. The number of carbonyl (C=O) groups excluding carboxylic acids is 1. The number of carbonyl (C=O) groups is 1. The van der Waals surface area contributed by atoms with Crippen molar-refractivity contribution in [1.29, 1.82) is 0 Å². The standard InChI is InChI=1S/C25H23N5O2/c31-25(29-18-9-13-32-14-10-18)20-6-2-1-5-19(20)23-15-17(8-12-27-23)21-16-28-30-24(21)22-7-3-4-11-26-22/h1-8,11-12,15-16,18H,9-10,13-14H2,(H,28,30)(H,29,31). The quantitative estimate of drug-likeness (QED) is 0.502. The summed E-state index contributed by atoms with van der Waals surface area (Å²) in [7, 11) is 0. The second-order valence-corrected chi connectivity index (χ2v) is 7.71. The van der Waals surface area contributed by atoms with Gasteiger partial charge in [0.2, 0.25) is 0 Å². The van der Waals surface area contributed by atoms with Crippen LogP contribution >= 0.6 is 0 Å². The lowest BCUT2D eigenvalue weighted by atomic mass is 9.99. The summed E-state index contributed by atoms with van der Waals surface area (Å²) in [6, 6.07) is 17.4. The zero-order chi connectivity index (χ0) is 21.8. The van der Waals surface area contributed by atoms with Gasteiger partial charge in [0.15, 0.2) is 0 Å². The number of nitrogens with one attached hydrogen (secondary N) is 2. The van der Waals surface area contributed by atoms with Gasteiger partial charge in [-0.3, -0.25) is 19.9 Å². The van der Waals surface area contributed by atoms with Gasteiger partial charge in [-0.05, 0) is 48.7 Å². The topological polar surface area (TPSA) is 92.8 Å². The fourth-order valence-corrected chi connectivity index (χ4v) is 3.97. The lowest BCUT2D eigenvalue weighted by Gasteiger charge is -2.23. The molecule has 0 spiro atoms. The van der Waals surface area contributed by atoms with E-state index in [1.54, 1.807) is 18.6 Å². The second-order valence-electron chi connectivity index (χ2n) is 7.71. The SMILES string of the molecule is O=C(NC1CCOCC1)c1ccccc1-c1cc(-c2cn[nH]c2-c2ccccn2)ccn1. The number of pyridine rings is 2. The molecule has 32 heavy (non-hydrogen) atoms. The van der Waals surface area contributed by atoms with E-state index in [1.807, 2.05) is 54.6 Å². The van der Waals surface area contributed by atoms with Crippen LogP contribution in [0.3, 0.4) is 0 Å². The number of H-pyrrole nitrogens is 1. The van der Waals surface area contributed by atoms with Crippen molar-refractivity contribution < 1.29 is 9.53 Å². The van der Waals surface area contributed by atoms with Crippen LogP contribution in [0.25, 0.3) is 33.8 Å². The average molecular weight is 425 g/mol. The third kappa shape index (κ3) is 4.15. The summed E-state index contributed by atoms with van der Waals surface area (Å²) in [5.74, 6) is -0.0859. The van der Waals surface area contributed by atoms with Crippen molar-refractivity contribution in [1.82, 2.24) is 25.5 Å². The molecule has 0 saturated carbocycles. The van der Waals surface area contributed by atoms with Crippen molar-refractivity contribution in [3.63, 3.8) is 0 Å². The summed E-state index contributed by atoms with van der Waals surface area (Å²) < 4.78 is 5.40. The minimum Gasteiger partial charge on any atom is -0.381 e. The van der Waals surface area contributed by atoms with Gasteiger partial charge in [0.25, 0.3) is 5.91 Å². The van der Waals surface area contributed by atoms with Gasteiger partial charge in [-0.2, -0.15) is 5.10 Å². The van der Waals surface area contributed by atoms with Gasteiger partial charge in [-0.1, -0.05) is 24.3 Å². The number of benzene rings is 1. The van der Waals surface area contributed by atoms with Crippen LogP contribution in [0.5, 0.6) is 0 Å². The van der Waals surface area contributed by atoms with E-state index in [-0.39, 0.29) is 11.9 Å². The van der Waals surface area contributed by atoms with Crippen LogP contribution in [-0.4, -0.2) is 45.3 Å². The van der Waals surface area contributed by atoms with Gasteiger partial charge >= 0.3 is 0 Å². The van der Waals surface area contributed by atoms with Crippen molar-refractivity contribution in [2.24, 2.45) is 0 Å². The molecule has 3 aromatic heterocycles. The highest BCUT2D eigenvalue weighted by Gasteiger charge is 2.20. The Hall–Kier alpha value is -3.84. The summed E-state index contributed by atoms with van der Waals surface area (Å²) in [6.45, 7) is 1.36. The molecule has 0 radical (unpaired) electrons. The minimum atomic E-state index is -0.0859. The summed E-state index contributed by atoms with van der Waals surface area (Å²) in [5, 5.41) is 10.4. The van der Waals surface area contributed by atoms with E-state index in [4.69, 9.17) is 4.74 Å². The van der Waals surface area contributed by atoms with E-state index in [0.717, 1.165) is 46.6 Å². The zero-order valence-corrected chi connectivity index (χ0v) is 17.5. The number of ether oxygens (including phenoxy) is 1. The third-order valence-corrected chi connectivity index (χ3v) is 5.64. The van der Waals surface area contributed by atoms with Crippen LogP contribution in [0, 0.1) is 0 Å². The van der Waals surface area contributed by atoms with Crippen molar-refractivity contribution in [2.75, 3.05) is 13.2 Å². The molecular formula is C25H23N5O2. The van der Waals surface area contributed by atoms with Crippen molar-refractivity contribution in [3.8, 4) is 33.8 Å². The van der Waals surface area contributed by atoms with Gasteiger partial charge in [0.05, 0.1) is 23.3 Å². The van der Waals surface area contributed by atoms with Crippen molar-refractivity contribution in [3.05, 3.63) is 78.8 Å². The first-order valence-corrected chi connectivity index (χ1v) is 10.7. The fourth-order valence-electron chi connectivity index (χ4n) is 3.97. The Morgan fingerprint density at radius 1 is 0.938 bits per heavy atom. The fraction of sp³-hybridized carbons (Fsp3) is 0.200. The average Bonchev–Trinajstić information content (AvgIpc) is 3.35. The summed E-state index contributed by atoms with van der Waals surface area (Å²) in [6.07, 6.45) is 6.96. The molecule has 1 aromatic carbocycles. The highest BCUT2D eigenvalue weighted by Crippen LogP contribution is 2.31. The van der Waals surface area contributed by atoms with Gasteiger partial charge < -0.3 is 10.1 Å². The predicted octanol–water partition coefficient (Wildman–Crippen LogP) is 4.11. The first-order valence-electron chi connectivity index (χ1n) is 10.7. The molecule has 1 saturated heterocycles. The van der Waals surface area contributed by atoms with Crippen molar-refractivity contribution >= 4 is 5.91 Å². The Morgan fingerprint density at radius 2 is 1.75 bits per heavy atom. The van der Waals surface area contributed by atoms with Crippen LogP contribution in [-0.2, 0) is 4.74 Å². The van der Waals surface area contributed by atoms with Gasteiger partial charge in [-0.15, -0.1) is 0 Å². The summed E-state index contributed by atoms with van der Waals surface area (Å²) >= 11 is 0. The molecule has 4 heterocycles. The van der Waals surface area contributed by atoms with E-state index in [1.165, 1.54) is 0 Å². The largest absolute Gasteiger partial charge is 0.381 e. The molecule has 1 fully saturated rings. The van der Waals surface area contributed by atoms with Gasteiger partial charge in [0, 0.05) is 48.3 Å². The molecule has 1 aliphatic heterocycles. The maximum Gasteiger partial charge on any atom is 0.252 e. The van der Waals surface area contributed by atoms with Crippen LogP contribution in [0.1, 0.15) is 23.2 Å². The smallest absolute Gasteiger partial charge is 0.252 e. The Balaban J connectivity index is 1.48. The van der Waals surface area contributed by atoms with E-state index in [2.05, 4.69) is 25.5 Å². The highest BCUT2D eigenvalue weighted by atomic mass is 16.5. The number of aromatic amines is 1. The number of rotatable bonds is 5. The number of hydrogen-bond acceptors (Lipinski definition) is 5. The minimum absolute atomic E-state index is 0.0859. The zero-order valence-electron chi connectivity index (χ0n) is 17.5. The van der Waals surface area contributed by atoms with Crippen LogP contribution in [0.15, 0.2) is 73.2 Å². The molecule has 7 nitrogen and oxygen atoms in total.